The van der Waals surface area contributed by atoms with E-state index in [1.807, 2.05) is 13.8 Å². The third-order valence-electron chi connectivity index (χ3n) is 1.94. The zero-order chi connectivity index (χ0) is 11.1. The van der Waals surface area contributed by atoms with Crippen molar-refractivity contribution < 1.29 is 9.15 Å². The summed E-state index contributed by atoms with van der Waals surface area (Å²) in [5.41, 5.74) is 0. The van der Waals surface area contributed by atoms with Crippen molar-refractivity contribution in [3.8, 4) is 0 Å². The van der Waals surface area contributed by atoms with Gasteiger partial charge in [0.1, 0.15) is 6.61 Å². The molecular weight excluding hydrogens is 194 g/mol. The molecule has 0 radical (unpaired) electrons. The second kappa shape index (κ2) is 6.53. The summed E-state index contributed by atoms with van der Waals surface area (Å²) in [6.07, 6.45) is 0.995. The van der Waals surface area contributed by atoms with Gasteiger partial charge in [0, 0.05) is 6.61 Å². The second-order valence-electron chi connectivity index (χ2n) is 3.37. The van der Waals surface area contributed by atoms with Crippen molar-refractivity contribution in [2.75, 3.05) is 13.2 Å². The smallest absolute Gasteiger partial charge is 0.242 e. The lowest BCUT2D eigenvalue weighted by Gasteiger charge is -2.05. The van der Waals surface area contributed by atoms with Gasteiger partial charge < -0.3 is 14.5 Å². The predicted molar refractivity (Wildman–Crippen MR) is 56.3 cm³/mol. The number of aromatic nitrogens is 2. The fraction of sp³-hybridized carbons (Fsp3) is 0.800. The molecule has 15 heavy (non-hydrogen) atoms. The lowest BCUT2D eigenvalue weighted by molar-refractivity contribution is 0.102. The molecule has 0 spiro atoms. The molecule has 1 rings (SSSR count). The average molecular weight is 213 g/mol. The molecule has 86 valence electrons. The predicted octanol–water partition coefficient (Wildman–Crippen LogP) is 1.67. The van der Waals surface area contributed by atoms with Crippen LogP contribution >= 0.6 is 0 Å². The lowest BCUT2D eigenvalue weighted by Crippen LogP contribution is -2.17. The van der Waals surface area contributed by atoms with E-state index in [-0.39, 0.29) is 6.04 Å². The van der Waals surface area contributed by atoms with Crippen LogP contribution in [0, 0.1) is 0 Å². The van der Waals surface area contributed by atoms with Crippen LogP contribution in [0.25, 0.3) is 0 Å². The maximum atomic E-state index is 5.43. The molecule has 1 heterocycles. The van der Waals surface area contributed by atoms with Crippen molar-refractivity contribution in [2.24, 2.45) is 0 Å². The van der Waals surface area contributed by atoms with Gasteiger partial charge in [0.2, 0.25) is 11.8 Å². The van der Waals surface area contributed by atoms with Crippen LogP contribution in [0.5, 0.6) is 0 Å². The van der Waals surface area contributed by atoms with Crippen molar-refractivity contribution in [1.82, 2.24) is 15.5 Å². The largest absolute Gasteiger partial charge is 0.421 e. The van der Waals surface area contributed by atoms with Crippen LogP contribution < -0.4 is 5.32 Å². The Bertz CT molecular complexity index is 275. The SMILES string of the molecule is CCCOCc1nnc(C(C)NCC)o1. The monoisotopic (exact) mass is 213 g/mol. The molecule has 0 aliphatic carbocycles. The van der Waals surface area contributed by atoms with Crippen molar-refractivity contribution in [3.63, 3.8) is 0 Å². The summed E-state index contributed by atoms with van der Waals surface area (Å²) in [6, 6.07) is 0.0995. The molecule has 1 aromatic heterocycles. The highest BCUT2D eigenvalue weighted by molar-refractivity contribution is 4.86. The lowest BCUT2D eigenvalue weighted by atomic mass is 10.3. The van der Waals surface area contributed by atoms with Crippen LogP contribution in [0.2, 0.25) is 0 Å². The Morgan fingerprint density at radius 3 is 2.87 bits per heavy atom. The van der Waals surface area contributed by atoms with E-state index in [0.717, 1.165) is 19.6 Å². The Balaban J connectivity index is 2.41. The third kappa shape index (κ3) is 3.97. The molecule has 0 amide bonds. The maximum absolute atomic E-state index is 5.43. The van der Waals surface area contributed by atoms with Gasteiger partial charge in [-0.3, -0.25) is 0 Å². The zero-order valence-electron chi connectivity index (χ0n) is 9.62. The average Bonchev–Trinajstić information content (AvgIpc) is 2.67. The van der Waals surface area contributed by atoms with Gasteiger partial charge in [-0.1, -0.05) is 13.8 Å². The van der Waals surface area contributed by atoms with E-state index in [1.54, 1.807) is 0 Å². The van der Waals surface area contributed by atoms with E-state index in [4.69, 9.17) is 9.15 Å². The molecule has 0 bridgehead atoms. The Morgan fingerprint density at radius 2 is 2.20 bits per heavy atom. The molecule has 0 saturated heterocycles. The van der Waals surface area contributed by atoms with Crippen LogP contribution in [-0.2, 0) is 11.3 Å². The highest BCUT2D eigenvalue weighted by Gasteiger charge is 2.12. The summed E-state index contributed by atoms with van der Waals surface area (Å²) in [6.45, 7) is 8.10. The minimum absolute atomic E-state index is 0.0995. The van der Waals surface area contributed by atoms with E-state index in [1.165, 1.54) is 0 Å². The standard InChI is InChI=1S/C10H19N3O2/c1-4-6-14-7-9-12-13-10(15-9)8(3)11-5-2/h8,11H,4-7H2,1-3H3. The summed E-state index contributed by atoms with van der Waals surface area (Å²) in [5.74, 6) is 1.16. The molecule has 0 saturated carbocycles. The molecule has 0 aromatic carbocycles. The molecule has 1 unspecified atom stereocenters. The highest BCUT2D eigenvalue weighted by atomic mass is 16.5. The Hall–Kier alpha value is -0.940. The van der Waals surface area contributed by atoms with Gasteiger partial charge >= 0.3 is 0 Å². The molecule has 5 nitrogen and oxygen atoms in total. The van der Waals surface area contributed by atoms with E-state index in [0.29, 0.717) is 18.4 Å². The minimum Gasteiger partial charge on any atom is -0.421 e. The first-order chi connectivity index (χ1) is 7.27. The fourth-order valence-electron chi connectivity index (χ4n) is 1.20. The third-order valence-corrected chi connectivity index (χ3v) is 1.94. The van der Waals surface area contributed by atoms with Gasteiger partial charge in [0.25, 0.3) is 0 Å². The number of hydrogen-bond acceptors (Lipinski definition) is 5. The normalized spacial score (nSPS) is 13.0. The topological polar surface area (TPSA) is 60.2 Å². The molecule has 0 fully saturated rings. The number of rotatable bonds is 7. The Labute approximate surface area is 90.2 Å². The molecule has 1 atom stereocenters. The quantitative estimate of drug-likeness (QED) is 0.698. The van der Waals surface area contributed by atoms with Gasteiger partial charge in [0.05, 0.1) is 6.04 Å². The fourth-order valence-corrected chi connectivity index (χ4v) is 1.20. The first-order valence-corrected chi connectivity index (χ1v) is 5.41. The Morgan fingerprint density at radius 1 is 1.40 bits per heavy atom. The number of hydrogen-bond donors (Lipinski definition) is 1. The van der Waals surface area contributed by atoms with Crippen LogP contribution in [0.1, 0.15) is 45.0 Å². The van der Waals surface area contributed by atoms with Gasteiger partial charge in [-0.2, -0.15) is 0 Å². The first-order valence-electron chi connectivity index (χ1n) is 5.41. The summed E-state index contributed by atoms with van der Waals surface area (Å²) in [4.78, 5) is 0. The zero-order valence-corrected chi connectivity index (χ0v) is 9.62. The molecule has 1 aromatic rings. The first kappa shape index (κ1) is 12.1. The van der Waals surface area contributed by atoms with E-state index in [2.05, 4.69) is 22.4 Å². The molecular formula is C10H19N3O2. The summed E-state index contributed by atoms with van der Waals surface area (Å²) in [7, 11) is 0. The van der Waals surface area contributed by atoms with Crippen molar-refractivity contribution in [1.29, 1.82) is 0 Å². The van der Waals surface area contributed by atoms with Gasteiger partial charge in [0.15, 0.2) is 0 Å². The molecule has 1 N–H and O–H groups in total. The highest BCUT2D eigenvalue weighted by Crippen LogP contribution is 2.10. The summed E-state index contributed by atoms with van der Waals surface area (Å²) in [5, 5.41) is 11.1. The van der Waals surface area contributed by atoms with E-state index < -0.39 is 0 Å². The van der Waals surface area contributed by atoms with Gasteiger partial charge in [-0.15, -0.1) is 10.2 Å². The Kier molecular flexibility index (Phi) is 5.28. The molecule has 0 aliphatic rings. The molecule has 5 heteroatoms. The van der Waals surface area contributed by atoms with E-state index >= 15 is 0 Å². The number of ether oxygens (including phenoxy) is 1. The van der Waals surface area contributed by atoms with Gasteiger partial charge in [-0.05, 0) is 19.9 Å². The van der Waals surface area contributed by atoms with Crippen LogP contribution in [0.15, 0.2) is 4.42 Å². The van der Waals surface area contributed by atoms with Crippen molar-refractivity contribution in [3.05, 3.63) is 11.8 Å². The number of nitrogens with zero attached hydrogens (tertiary/aromatic N) is 2. The van der Waals surface area contributed by atoms with Crippen molar-refractivity contribution >= 4 is 0 Å². The molecule has 0 aliphatic heterocycles. The van der Waals surface area contributed by atoms with Crippen LogP contribution in [0.3, 0.4) is 0 Å². The van der Waals surface area contributed by atoms with Crippen molar-refractivity contribution in [2.45, 2.75) is 39.8 Å². The van der Waals surface area contributed by atoms with E-state index in [9.17, 15) is 0 Å². The summed E-state index contributed by atoms with van der Waals surface area (Å²) < 4.78 is 10.7. The second-order valence-corrected chi connectivity index (χ2v) is 3.37. The summed E-state index contributed by atoms with van der Waals surface area (Å²) >= 11 is 0. The maximum Gasteiger partial charge on any atom is 0.242 e. The van der Waals surface area contributed by atoms with Gasteiger partial charge in [-0.25, -0.2) is 0 Å². The van der Waals surface area contributed by atoms with Crippen LogP contribution in [-0.4, -0.2) is 23.3 Å². The van der Waals surface area contributed by atoms with Crippen LogP contribution in [0.4, 0.5) is 0 Å². The minimum atomic E-state index is 0.0995. The number of nitrogens with one attached hydrogen (secondary N) is 1.